The summed E-state index contributed by atoms with van der Waals surface area (Å²) in [7, 11) is 15.0. The third kappa shape index (κ3) is 15.6. The number of hydrogen-bond acceptors (Lipinski definition) is 0. The minimum atomic E-state index is -2.13. The van der Waals surface area contributed by atoms with Gasteiger partial charge >= 0.3 is 125 Å². The topological polar surface area (TPSA) is 0 Å². The van der Waals surface area contributed by atoms with Crippen molar-refractivity contribution in [1.29, 1.82) is 0 Å². The van der Waals surface area contributed by atoms with Crippen molar-refractivity contribution in [2.24, 2.45) is 0 Å². The van der Waals surface area contributed by atoms with Crippen LogP contribution in [-0.2, 0) is 18.2 Å². The van der Waals surface area contributed by atoms with Gasteiger partial charge in [0, 0.05) is 0 Å². The van der Waals surface area contributed by atoms with Crippen LogP contribution in [-0.4, -0.2) is 52.2 Å². The molecule has 0 N–H and O–H groups in total. The molecule has 0 spiro atoms. The van der Waals surface area contributed by atoms with Crippen molar-refractivity contribution in [2.45, 2.75) is 20.8 Å². The Morgan fingerprint density at radius 2 is 1.33 bits per heavy atom. The Balaban J connectivity index is 0. The zero-order valence-electron chi connectivity index (χ0n) is 7.03. The molecule has 0 saturated carbocycles. The second kappa shape index (κ2) is 10.6. The summed E-state index contributed by atoms with van der Waals surface area (Å²) < 4.78 is 3.12. The maximum atomic E-state index is 5.00. The molecule has 0 saturated heterocycles. The fraction of sp³-hybridized carbons (Fsp3) is 0.500. The predicted octanol–water partition coefficient (Wildman–Crippen LogP) is 2.88. The standard InChI is InChI=1S/C6H9.2Bi.3ClH.Zr/c1-4-6(3)5-2;;;;;;/h1-3H3;;;3*1H;/q;;;;;;+3/p-3. The summed E-state index contributed by atoms with van der Waals surface area (Å²) in [6, 6.07) is 0. The number of allylic oxidation sites excluding steroid dienone is 2. The minimum absolute atomic E-state index is 1.41. The summed E-state index contributed by atoms with van der Waals surface area (Å²) >= 11 is 0.700. The first-order chi connectivity index (χ1) is 5.29. The second-order valence-electron chi connectivity index (χ2n) is 2.01. The van der Waals surface area contributed by atoms with E-state index >= 15 is 0 Å². The first kappa shape index (κ1) is 17.5. The Labute approximate surface area is 123 Å². The summed E-state index contributed by atoms with van der Waals surface area (Å²) in [6.45, 7) is 6.63. The molecular weight excluding hydrogens is 688 g/mol. The first-order valence-electron chi connectivity index (χ1n) is 3.01. The van der Waals surface area contributed by atoms with Crippen LogP contribution in [0.25, 0.3) is 0 Å². The molecule has 0 aromatic heterocycles. The fourth-order valence-electron chi connectivity index (χ4n) is 0.262. The SMILES string of the molecule is C[C](=[Bi])/C(C)=[C](/C)[Bi].[Cl][Zr]([Cl])[Cl]. The summed E-state index contributed by atoms with van der Waals surface area (Å²) in [5.74, 6) is 0. The van der Waals surface area contributed by atoms with Crippen molar-refractivity contribution < 1.29 is 18.2 Å². The Morgan fingerprint density at radius 3 is 1.33 bits per heavy atom. The first-order valence-corrected chi connectivity index (χ1v) is 16.0. The molecule has 0 atom stereocenters. The molecule has 0 aromatic rings. The van der Waals surface area contributed by atoms with Gasteiger partial charge in [0.05, 0.1) is 0 Å². The van der Waals surface area contributed by atoms with Crippen molar-refractivity contribution in [3.8, 4) is 0 Å². The van der Waals surface area contributed by atoms with Crippen LogP contribution in [0, 0.1) is 0 Å². The van der Waals surface area contributed by atoms with Crippen molar-refractivity contribution in [1.82, 2.24) is 0 Å². The van der Waals surface area contributed by atoms with Crippen LogP contribution < -0.4 is 0 Å². The van der Waals surface area contributed by atoms with E-state index in [1.165, 1.54) is 54.5 Å². The van der Waals surface area contributed by atoms with Gasteiger partial charge in [-0.1, -0.05) is 0 Å². The second-order valence-corrected chi connectivity index (χ2v) is 18.4. The van der Waals surface area contributed by atoms with Crippen LogP contribution in [0.5, 0.6) is 0 Å². The van der Waals surface area contributed by atoms with E-state index in [1.807, 2.05) is 0 Å². The van der Waals surface area contributed by atoms with Crippen LogP contribution in [0.3, 0.4) is 0 Å². The molecule has 6 heteroatoms. The van der Waals surface area contributed by atoms with Crippen LogP contribution in [0.2, 0.25) is 0 Å². The molecule has 68 valence electrons. The van der Waals surface area contributed by atoms with E-state index in [-0.39, 0.29) is 0 Å². The van der Waals surface area contributed by atoms with E-state index in [2.05, 4.69) is 20.8 Å². The van der Waals surface area contributed by atoms with Gasteiger partial charge in [0.2, 0.25) is 0 Å². The van der Waals surface area contributed by atoms with Gasteiger partial charge in [0.15, 0.2) is 0 Å². The Bertz CT molecular complexity index is 173. The fourth-order valence-corrected chi connectivity index (χ4v) is 3.03. The zero-order valence-corrected chi connectivity index (χ0v) is 18.7. The molecule has 0 amide bonds. The molecule has 12 heavy (non-hydrogen) atoms. The number of halogens is 3. The van der Waals surface area contributed by atoms with Crippen molar-refractivity contribution in [3.63, 3.8) is 0 Å². The van der Waals surface area contributed by atoms with Gasteiger partial charge in [-0.05, 0) is 0 Å². The molecule has 0 aliphatic rings. The van der Waals surface area contributed by atoms with Gasteiger partial charge in [-0.25, -0.2) is 0 Å². The summed E-state index contributed by atoms with van der Waals surface area (Å²) in [5, 5.41) is 0. The number of rotatable bonds is 1. The summed E-state index contributed by atoms with van der Waals surface area (Å²) in [6.07, 6.45) is 0. The molecule has 0 heterocycles. The molecule has 0 rings (SSSR count). The molecule has 0 aliphatic carbocycles. The average Bonchev–Trinajstić information content (AvgIpc) is 1.84. The van der Waals surface area contributed by atoms with E-state index in [1.54, 1.807) is 6.49 Å². The van der Waals surface area contributed by atoms with Crippen LogP contribution in [0.4, 0.5) is 0 Å². The van der Waals surface area contributed by atoms with Crippen molar-refractivity contribution in [3.05, 3.63) is 8.85 Å². The van der Waals surface area contributed by atoms with Crippen molar-refractivity contribution >= 4 is 77.7 Å². The molecule has 0 aliphatic heterocycles. The Morgan fingerprint density at radius 1 is 1.08 bits per heavy atom. The molecule has 0 fully saturated rings. The zero-order chi connectivity index (χ0) is 10.3. The van der Waals surface area contributed by atoms with Crippen molar-refractivity contribution in [2.75, 3.05) is 0 Å². The average molecular weight is 697 g/mol. The van der Waals surface area contributed by atoms with E-state index in [4.69, 9.17) is 25.5 Å². The van der Waals surface area contributed by atoms with E-state index < -0.39 is 18.2 Å². The van der Waals surface area contributed by atoms with E-state index in [0.29, 0.717) is 0 Å². The van der Waals surface area contributed by atoms with Gasteiger partial charge in [-0.2, -0.15) is 0 Å². The van der Waals surface area contributed by atoms with Gasteiger partial charge in [0.25, 0.3) is 0 Å². The van der Waals surface area contributed by atoms with Crippen LogP contribution in [0.15, 0.2) is 8.85 Å². The predicted molar refractivity (Wildman–Crippen MR) is 58.1 cm³/mol. The quantitative estimate of drug-likeness (QED) is 0.371. The van der Waals surface area contributed by atoms with Crippen LogP contribution >= 0.6 is 25.5 Å². The number of hydrogen-bond donors (Lipinski definition) is 0. The van der Waals surface area contributed by atoms with Gasteiger partial charge in [0.1, 0.15) is 0 Å². The Kier molecular flexibility index (Phi) is 15.5. The molecule has 0 aromatic carbocycles. The monoisotopic (exact) mass is 694 g/mol. The van der Waals surface area contributed by atoms with Gasteiger partial charge < -0.3 is 0 Å². The normalized spacial score (nSPS) is 10.9. The van der Waals surface area contributed by atoms with Gasteiger partial charge in [-0.3, -0.25) is 0 Å². The molecule has 3 radical (unpaired) electrons. The molecule has 0 nitrogen and oxygen atoms in total. The third-order valence-corrected chi connectivity index (χ3v) is 3.69. The van der Waals surface area contributed by atoms with E-state index in [0.717, 1.165) is 0 Å². The third-order valence-electron chi connectivity index (χ3n) is 1.09. The Hall–Kier alpha value is 3.13. The molecule has 0 unspecified atom stereocenters. The molecular formula is C6H9Bi2Cl3Zr. The maximum absolute atomic E-state index is 5.00. The van der Waals surface area contributed by atoms with Crippen LogP contribution in [0.1, 0.15) is 20.8 Å². The van der Waals surface area contributed by atoms with Gasteiger partial charge in [-0.15, -0.1) is 0 Å². The molecule has 0 bridgehead atoms. The summed E-state index contributed by atoms with van der Waals surface area (Å²) in [5.41, 5.74) is 1.53. The van der Waals surface area contributed by atoms with E-state index in [9.17, 15) is 0 Å². The summed E-state index contributed by atoms with van der Waals surface area (Å²) in [4.78, 5) is 0.